The Labute approximate surface area is 199 Å². The monoisotopic (exact) mass is 480 g/mol. The van der Waals surface area contributed by atoms with Crippen molar-refractivity contribution in [3.05, 3.63) is 36.9 Å². The second kappa shape index (κ2) is 9.26. The summed E-state index contributed by atoms with van der Waals surface area (Å²) in [6, 6.07) is 7.53. The molecule has 0 spiro atoms. The van der Waals surface area contributed by atoms with E-state index in [4.69, 9.17) is 24.6 Å². The Morgan fingerprint density at radius 2 is 2.09 bits per heavy atom. The maximum atomic E-state index is 12.1. The lowest BCUT2D eigenvalue weighted by atomic mass is 10.1. The van der Waals surface area contributed by atoms with Gasteiger partial charge < -0.3 is 29.5 Å². The Kier molecular flexibility index (Phi) is 6.01. The van der Waals surface area contributed by atoms with E-state index in [0.29, 0.717) is 64.8 Å². The number of aromatic nitrogens is 4. The summed E-state index contributed by atoms with van der Waals surface area (Å²) in [5.41, 5.74) is 8.05. The molecule has 176 valence electrons. The van der Waals surface area contributed by atoms with Crippen molar-refractivity contribution in [2.45, 2.75) is 36.9 Å². The summed E-state index contributed by atoms with van der Waals surface area (Å²) in [7, 11) is 0. The Balaban J connectivity index is 1.50. The Morgan fingerprint density at radius 1 is 1.26 bits per heavy atom. The first-order valence-electron chi connectivity index (χ1n) is 10.9. The van der Waals surface area contributed by atoms with E-state index in [0.717, 1.165) is 10.5 Å². The number of imidazole rings is 1. The zero-order valence-corrected chi connectivity index (χ0v) is 19.6. The van der Waals surface area contributed by atoms with Gasteiger partial charge in [-0.15, -0.1) is 0 Å². The van der Waals surface area contributed by atoms with Crippen molar-refractivity contribution < 1.29 is 18.7 Å². The number of furan rings is 1. The van der Waals surface area contributed by atoms with Gasteiger partial charge in [-0.3, -0.25) is 4.79 Å². The van der Waals surface area contributed by atoms with E-state index in [1.165, 1.54) is 18.1 Å². The summed E-state index contributed by atoms with van der Waals surface area (Å²) in [6.45, 7) is 5.10. The van der Waals surface area contributed by atoms with Gasteiger partial charge in [-0.2, -0.15) is 0 Å². The molecule has 0 aliphatic carbocycles. The van der Waals surface area contributed by atoms with E-state index in [1.54, 1.807) is 6.26 Å². The van der Waals surface area contributed by atoms with Gasteiger partial charge in [0.15, 0.2) is 33.6 Å². The quantitative estimate of drug-likeness (QED) is 0.387. The molecule has 11 heteroatoms. The van der Waals surface area contributed by atoms with Crippen LogP contribution in [0.15, 0.2) is 51.3 Å². The third-order valence-electron chi connectivity index (χ3n) is 5.24. The molecule has 3 aromatic heterocycles. The van der Waals surface area contributed by atoms with Gasteiger partial charge in [0, 0.05) is 30.0 Å². The lowest BCUT2D eigenvalue weighted by Crippen LogP contribution is -2.28. The van der Waals surface area contributed by atoms with Crippen LogP contribution in [-0.2, 0) is 11.3 Å². The van der Waals surface area contributed by atoms with Crippen LogP contribution in [0.3, 0.4) is 0 Å². The predicted octanol–water partition coefficient (Wildman–Crippen LogP) is 3.71. The summed E-state index contributed by atoms with van der Waals surface area (Å²) < 4.78 is 18.8. The average molecular weight is 481 g/mol. The maximum absolute atomic E-state index is 12.1. The number of hydrogen-bond donors (Lipinski definition) is 2. The largest absolute Gasteiger partial charge is 0.464 e. The number of rotatable bonds is 8. The second-order valence-corrected chi connectivity index (χ2v) is 9.22. The van der Waals surface area contributed by atoms with Gasteiger partial charge in [-0.25, -0.2) is 15.0 Å². The van der Waals surface area contributed by atoms with Crippen LogP contribution < -0.4 is 20.5 Å². The summed E-state index contributed by atoms with van der Waals surface area (Å²) in [4.78, 5) is 26.2. The smallest absolute Gasteiger partial charge is 0.231 e. The number of amides is 1. The normalized spacial score (nSPS) is 12.6. The third-order valence-corrected chi connectivity index (χ3v) is 6.29. The SMILES string of the molecule is CC(C)CC(=O)NCCn1c(Sc2cc3c(cc2-c2ccco2)OCO3)nc2c(N)ncnc21. The molecule has 10 nitrogen and oxygen atoms in total. The molecule has 1 aliphatic heterocycles. The van der Waals surface area contributed by atoms with Crippen molar-refractivity contribution in [1.82, 2.24) is 24.8 Å². The molecule has 1 aliphatic rings. The fourth-order valence-electron chi connectivity index (χ4n) is 3.69. The fraction of sp³-hybridized carbons (Fsp3) is 0.304. The molecule has 4 aromatic rings. The van der Waals surface area contributed by atoms with E-state index in [2.05, 4.69) is 15.3 Å². The predicted molar refractivity (Wildman–Crippen MR) is 127 cm³/mol. The summed E-state index contributed by atoms with van der Waals surface area (Å²) >= 11 is 1.43. The summed E-state index contributed by atoms with van der Waals surface area (Å²) in [5.74, 6) is 2.61. The Bertz CT molecular complexity index is 1340. The molecule has 34 heavy (non-hydrogen) atoms. The minimum Gasteiger partial charge on any atom is -0.464 e. The lowest BCUT2D eigenvalue weighted by molar-refractivity contribution is -0.121. The highest BCUT2D eigenvalue weighted by molar-refractivity contribution is 7.99. The van der Waals surface area contributed by atoms with Crippen molar-refractivity contribution >= 4 is 34.7 Å². The van der Waals surface area contributed by atoms with E-state index in [9.17, 15) is 4.79 Å². The van der Waals surface area contributed by atoms with Crippen molar-refractivity contribution in [1.29, 1.82) is 0 Å². The first-order chi connectivity index (χ1) is 16.5. The van der Waals surface area contributed by atoms with Crippen molar-refractivity contribution in [2.24, 2.45) is 5.92 Å². The number of nitrogens with zero attached hydrogens (tertiary/aromatic N) is 4. The van der Waals surface area contributed by atoms with Gasteiger partial charge in [0.2, 0.25) is 12.7 Å². The number of carbonyl (C=O) groups excluding carboxylic acids is 1. The minimum atomic E-state index is 0.0126. The van der Waals surface area contributed by atoms with E-state index < -0.39 is 0 Å². The standard InChI is InChI=1S/C23H24N6O4S/c1-13(2)8-19(30)25-5-6-29-22-20(21(24)26-11-27-22)28-23(29)34-18-10-17-16(32-12-33-17)9-14(18)15-4-3-7-31-15/h3-4,7,9-11,13H,5-6,8,12H2,1-2H3,(H,25,30)(H2,24,26,27). The van der Waals surface area contributed by atoms with Crippen LogP contribution in [0, 0.1) is 5.92 Å². The first-order valence-corrected chi connectivity index (χ1v) is 11.7. The molecule has 1 aromatic carbocycles. The van der Waals surface area contributed by atoms with Crippen LogP contribution in [0.25, 0.3) is 22.5 Å². The maximum Gasteiger partial charge on any atom is 0.231 e. The Morgan fingerprint density at radius 3 is 2.85 bits per heavy atom. The number of ether oxygens (including phenoxy) is 2. The van der Waals surface area contributed by atoms with Crippen LogP contribution in [0.1, 0.15) is 20.3 Å². The molecule has 3 N–H and O–H groups in total. The van der Waals surface area contributed by atoms with Gasteiger partial charge in [-0.05, 0) is 30.2 Å². The van der Waals surface area contributed by atoms with E-state index in [1.807, 2.05) is 42.7 Å². The van der Waals surface area contributed by atoms with Crippen LogP contribution in [0.5, 0.6) is 11.5 Å². The first kappa shape index (κ1) is 22.1. The molecule has 0 saturated heterocycles. The van der Waals surface area contributed by atoms with Crippen molar-refractivity contribution in [3.63, 3.8) is 0 Å². The molecular formula is C23H24N6O4S. The number of nitrogens with one attached hydrogen (secondary N) is 1. The summed E-state index contributed by atoms with van der Waals surface area (Å²) in [6.07, 6.45) is 3.52. The number of benzene rings is 1. The summed E-state index contributed by atoms with van der Waals surface area (Å²) in [5, 5.41) is 3.63. The Hall–Kier alpha value is -3.73. The van der Waals surface area contributed by atoms with Crippen molar-refractivity contribution in [2.75, 3.05) is 19.1 Å². The molecule has 4 heterocycles. The molecule has 0 saturated carbocycles. The highest BCUT2D eigenvalue weighted by Gasteiger charge is 2.23. The van der Waals surface area contributed by atoms with Gasteiger partial charge >= 0.3 is 0 Å². The van der Waals surface area contributed by atoms with Crippen molar-refractivity contribution in [3.8, 4) is 22.8 Å². The molecular weight excluding hydrogens is 456 g/mol. The fourth-order valence-corrected chi connectivity index (χ4v) is 4.75. The zero-order chi connectivity index (χ0) is 23.7. The topological polar surface area (TPSA) is 130 Å². The molecule has 0 unspecified atom stereocenters. The second-order valence-electron chi connectivity index (χ2n) is 8.21. The van der Waals surface area contributed by atoms with Gasteiger partial charge in [-0.1, -0.05) is 25.6 Å². The number of carbonyl (C=O) groups is 1. The van der Waals surface area contributed by atoms with Crippen LogP contribution in [0.2, 0.25) is 0 Å². The van der Waals surface area contributed by atoms with Crippen LogP contribution in [-0.4, -0.2) is 38.8 Å². The van der Waals surface area contributed by atoms with Crippen LogP contribution >= 0.6 is 11.8 Å². The van der Waals surface area contributed by atoms with Gasteiger partial charge in [0.05, 0.1) is 6.26 Å². The average Bonchev–Trinajstić information content (AvgIpc) is 3.54. The highest BCUT2D eigenvalue weighted by atomic mass is 32.2. The molecule has 0 fully saturated rings. The van der Waals surface area contributed by atoms with Gasteiger partial charge in [0.25, 0.3) is 0 Å². The molecule has 1 amide bonds. The van der Waals surface area contributed by atoms with E-state index >= 15 is 0 Å². The van der Waals surface area contributed by atoms with Gasteiger partial charge in [0.1, 0.15) is 12.1 Å². The van der Waals surface area contributed by atoms with Crippen LogP contribution in [0.4, 0.5) is 5.82 Å². The number of fused-ring (bicyclic) bond motifs is 2. The number of anilines is 1. The van der Waals surface area contributed by atoms with E-state index in [-0.39, 0.29) is 12.7 Å². The number of nitrogen functional groups attached to an aromatic ring is 1. The molecule has 5 rings (SSSR count). The zero-order valence-electron chi connectivity index (χ0n) is 18.8. The molecule has 0 bridgehead atoms. The minimum absolute atomic E-state index is 0.0126. The number of hydrogen-bond acceptors (Lipinski definition) is 9. The molecule has 0 radical (unpaired) electrons. The third kappa shape index (κ3) is 4.38. The number of nitrogens with two attached hydrogens (primary N) is 1. The molecule has 0 atom stereocenters. The highest BCUT2D eigenvalue weighted by Crippen LogP contribution is 2.45. The lowest BCUT2D eigenvalue weighted by Gasteiger charge is -2.12.